The Morgan fingerprint density at radius 3 is 2.71 bits per heavy atom. The van der Waals surface area contributed by atoms with Crippen molar-refractivity contribution in [2.45, 2.75) is 32.4 Å². The minimum absolute atomic E-state index is 0.676. The zero-order chi connectivity index (χ0) is 12.3. The standard InChI is InChI=1S/C15H21NO/c1-3-4-5-8-11-16-12-14-9-6-7-10-15(14)13-17-2/h1,6-7,9-10,16H,4-5,8,11-13H2,2H3. The molecule has 0 radical (unpaired) electrons. The Morgan fingerprint density at radius 1 is 1.24 bits per heavy atom. The molecular formula is C15H21NO. The Kier molecular flexibility index (Phi) is 7.13. The van der Waals surface area contributed by atoms with Crippen LogP contribution in [0.5, 0.6) is 0 Å². The van der Waals surface area contributed by atoms with E-state index in [2.05, 4.69) is 29.4 Å². The first kappa shape index (κ1) is 13.8. The molecule has 0 fully saturated rings. The minimum Gasteiger partial charge on any atom is -0.380 e. The fourth-order valence-corrected chi connectivity index (χ4v) is 1.73. The fourth-order valence-electron chi connectivity index (χ4n) is 1.73. The maximum atomic E-state index is 5.20. The van der Waals surface area contributed by atoms with E-state index in [1.54, 1.807) is 7.11 Å². The lowest BCUT2D eigenvalue weighted by molar-refractivity contribution is 0.184. The quantitative estimate of drug-likeness (QED) is 0.548. The van der Waals surface area contributed by atoms with Gasteiger partial charge in [0.1, 0.15) is 0 Å². The van der Waals surface area contributed by atoms with E-state index in [4.69, 9.17) is 11.2 Å². The number of benzene rings is 1. The fraction of sp³-hybridized carbons (Fsp3) is 0.467. The summed E-state index contributed by atoms with van der Waals surface area (Å²) >= 11 is 0. The number of methoxy groups -OCH3 is 1. The number of terminal acetylenes is 1. The van der Waals surface area contributed by atoms with E-state index in [-0.39, 0.29) is 0 Å². The number of hydrogen-bond donors (Lipinski definition) is 1. The van der Waals surface area contributed by atoms with E-state index in [0.29, 0.717) is 6.61 Å². The molecule has 17 heavy (non-hydrogen) atoms. The Bertz CT molecular complexity index is 354. The highest BCUT2D eigenvalue weighted by atomic mass is 16.5. The zero-order valence-electron chi connectivity index (χ0n) is 10.5. The molecule has 1 N–H and O–H groups in total. The molecule has 0 unspecified atom stereocenters. The highest BCUT2D eigenvalue weighted by Gasteiger charge is 2.00. The van der Waals surface area contributed by atoms with E-state index in [9.17, 15) is 0 Å². The van der Waals surface area contributed by atoms with E-state index in [1.165, 1.54) is 11.1 Å². The number of rotatable bonds is 8. The second kappa shape index (κ2) is 8.81. The summed E-state index contributed by atoms with van der Waals surface area (Å²) < 4.78 is 5.18. The summed E-state index contributed by atoms with van der Waals surface area (Å²) in [5, 5.41) is 3.44. The molecule has 0 aliphatic heterocycles. The van der Waals surface area contributed by atoms with Gasteiger partial charge in [0, 0.05) is 20.1 Å². The van der Waals surface area contributed by atoms with Crippen molar-refractivity contribution in [1.29, 1.82) is 0 Å². The van der Waals surface area contributed by atoms with E-state index in [1.807, 2.05) is 6.07 Å². The first-order valence-electron chi connectivity index (χ1n) is 6.08. The van der Waals surface area contributed by atoms with Crippen LogP contribution in [0.15, 0.2) is 24.3 Å². The van der Waals surface area contributed by atoms with E-state index < -0.39 is 0 Å². The van der Waals surface area contributed by atoms with Crippen LogP contribution >= 0.6 is 0 Å². The molecule has 0 bridgehead atoms. The van der Waals surface area contributed by atoms with Gasteiger partial charge in [-0.1, -0.05) is 24.3 Å². The van der Waals surface area contributed by atoms with Gasteiger partial charge in [-0.2, -0.15) is 0 Å². The molecule has 1 aromatic carbocycles. The number of ether oxygens (including phenoxy) is 1. The van der Waals surface area contributed by atoms with Crippen LogP contribution < -0.4 is 5.32 Å². The van der Waals surface area contributed by atoms with Crippen molar-refractivity contribution in [1.82, 2.24) is 5.32 Å². The lowest BCUT2D eigenvalue weighted by Gasteiger charge is -2.09. The molecule has 0 saturated heterocycles. The lowest BCUT2D eigenvalue weighted by atomic mass is 10.1. The maximum absolute atomic E-state index is 5.20. The topological polar surface area (TPSA) is 21.3 Å². The van der Waals surface area contributed by atoms with Gasteiger partial charge in [-0.15, -0.1) is 12.3 Å². The van der Waals surface area contributed by atoms with Gasteiger partial charge in [-0.3, -0.25) is 0 Å². The smallest absolute Gasteiger partial charge is 0.0716 e. The van der Waals surface area contributed by atoms with Gasteiger partial charge in [0.15, 0.2) is 0 Å². The lowest BCUT2D eigenvalue weighted by Crippen LogP contribution is -2.15. The Morgan fingerprint density at radius 2 is 2.00 bits per heavy atom. The first-order chi connectivity index (χ1) is 8.38. The molecule has 0 amide bonds. The summed E-state index contributed by atoms with van der Waals surface area (Å²) in [4.78, 5) is 0. The third kappa shape index (κ3) is 5.53. The van der Waals surface area contributed by atoms with Crippen LogP contribution in [-0.4, -0.2) is 13.7 Å². The van der Waals surface area contributed by atoms with Crippen LogP contribution in [-0.2, 0) is 17.9 Å². The minimum atomic E-state index is 0.676. The summed E-state index contributed by atoms with van der Waals surface area (Å²) in [7, 11) is 1.73. The van der Waals surface area contributed by atoms with Crippen molar-refractivity contribution in [3.05, 3.63) is 35.4 Å². The molecule has 0 saturated carbocycles. The van der Waals surface area contributed by atoms with Gasteiger partial charge in [0.2, 0.25) is 0 Å². The predicted molar refractivity (Wildman–Crippen MR) is 71.5 cm³/mol. The first-order valence-corrected chi connectivity index (χ1v) is 6.08. The van der Waals surface area contributed by atoms with Gasteiger partial charge >= 0.3 is 0 Å². The van der Waals surface area contributed by atoms with Crippen molar-refractivity contribution in [3.63, 3.8) is 0 Å². The average Bonchev–Trinajstić information content (AvgIpc) is 2.36. The summed E-state index contributed by atoms with van der Waals surface area (Å²) in [5.41, 5.74) is 2.57. The molecule has 0 atom stereocenters. The SMILES string of the molecule is C#CCCCCNCc1ccccc1COC. The maximum Gasteiger partial charge on any atom is 0.0716 e. The second-order valence-electron chi connectivity index (χ2n) is 4.04. The molecule has 1 aromatic rings. The largest absolute Gasteiger partial charge is 0.380 e. The molecule has 92 valence electrons. The van der Waals surface area contributed by atoms with Crippen LogP contribution in [0.25, 0.3) is 0 Å². The van der Waals surface area contributed by atoms with Crippen molar-refractivity contribution in [3.8, 4) is 12.3 Å². The molecular weight excluding hydrogens is 210 g/mol. The molecule has 0 aliphatic rings. The Balaban J connectivity index is 2.28. The van der Waals surface area contributed by atoms with Gasteiger partial charge in [0.05, 0.1) is 6.61 Å². The van der Waals surface area contributed by atoms with Gasteiger partial charge < -0.3 is 10.1 Å². The van der Waals surface area contributed by atoms with Crippen LogP contribution in [0.3, 0.4) is 0 Å². The van der Waals surface area contributed by atoms with Crippen LogP contribution in [0.2, 0.25) is 0 Å². The van der Waals surface area contributed by atoms with Gasteiger partial charge in [-0.05, 0) is 30.5 Å². The molecule has 1 rings (SSSR count). The van der Waals surface area contributed by atoms with Crippen molar-refractivity contribution < 1.29 is 4.74 Å². The number of hydrogen-bond acceptors (Lipinski definition) is 2. The van der Waals surface area contributed by atoms with E-state index >= 15 is 0 Å². The highest BCUT2D eigenvalue weighted by molar-refractivity contribution is 5.26. The molecule has 0 aliphatic carbocycles. The summed E-state index contributed by atoms with van der Waals surface area (Å²) in [6, 6.07) is 8.36. The molecule has 2 heteroatoms. The van der Waals surface area contributed by atoms with Crippen LogP contribution in [0, 0.1) is 12.3 Å². The van der Waals surface area contributed by atoms with Crippen molar-refractivity contribution >= 4 is 0 Å². The van der Waals surface area contributed by atoms with Crippen LogP contribution in [0.4, 0.5) is 0 Å². The van der Waals surface area contributed by atoms with Gasteiger partial charge in [-0.25, -0.2) is 0 Å². The summed E-state index contributed by atoms with van der Waals surface area (Å²) in [6.45, 7) is 2.59. The molecule has 2 nitrogen and oxygen atoms in total. The summed E-state index contributed by atoms with van der Waals surface area (Å²) in [6.07, 6.45) is 8.32. The highest BCUT2D eigenvalue weighted by Crippen LogP contribution is 2.09. The van der Waals surface area contributed by atoms with Gasteiger partial charge in [0.25, 0.3) is 0 Å². The summed E-state index contributed by atoms with van der Waals surface area (Å²) in [5.74, 6) is 2.66. The average molecular weight is 231 g/mol. The van der Waals surface area contributed by atoms with Crippen LogP contribution in [0.1, 0.15) is 30.4 Å². The Hall–Kier alpha value is -1.30. The Labute approximate surface area is 104 Å². The number of nitrogens with one attached hydrogen (secondary N) is 1. The van der Waals surface area contributed by atoms with E-state index in [0.717, 1.165) is 32.4 Å². The third-order valence-electron chi connectivity index (χ3n) is 2.66. The zero-order valence-corrected chi connectivity index (χ0v) is 10.5. The van der Waals surface area contributed by atoms with Crippen molar-refractivity contribution in [2.24, 2.45) is 0 Å². The van der Waals surface area contributed by atoms with Crippen molar-refractivity contribution in [2.75, 3.05) is 13.7 Å². The molecule has 0 aromatic heterocycles. The third-order valence-corrected chi connectivity index (χ3v) is 2.66. The second-order valence-corrected chi connectivity index (χ2v) is 4.04. The predicted octanol–water partition coefficient (Wildman–Crippen LogP) is 2.73. The molecule has 0 heterocycles. The monoisotopic (exact) mass is 231 g/mol. The molecule has 0 spiro atoms. The number of unbranched alkanes of at least 4 members (excludes halogenated alkanes) is 2. The normalized spacial score (nSPS) is 10.1.